The Hall–Kier alpha value is -1.38. The van der Waals surface area contributed by atoms with E-state index in [0.29, 0.717) is 5.56 Å². The van der Waals surface area contributed by atoms with Gasteiger partial charge in [-0.15, -0.1) is 0 Å². The van der Waals surface area contributed by atoms with Gasteiger partial charge in [-0.2, -0.15) is 0 Å². The van der Waals surface area contributed by atoms with Gasteiger partial charge in [0.2, 0.25) is 0 Å². The van der Waals surface area contributed by atoms with E-state index in [1.807, 2.05) is 0 Å². The van der Waals surface area contributed by atoms with Gasteiger partial charge in [-0.05, 0) is 6.07 Å². The van der Waals surface area contributed by atoms with Crippen LogP contribution in [0.5, 0.6) is 0 Å². The van der Waals surface area contributed by atoms with E-state index >= 15 is 0 Å². The van der Waals surface area contributed by atoms with E-state index in [4.69, 9.17) is 0 Å². The van der Waals surface area contributed by atoms with Crippen LogP contribution in [0, 0.1) is 0 Å². The van der Waals surface area contributed by atoms with E-state index in [-0.39, 0.29) is 5.91 Å². The molecule has 0 spiro atoms. The summed E-state index contributed by atoms with van der Waals surface area (Å²) in [4.78, 5) is 13.7. The molecule has 10 heavy (non-hydrogen) atoms. The Morgan fingerprint density at radius 1 is 1.70 bits per heavy atom. The van der Waals surface area contributed by atoms with Crippen molar-refractivity contribution in [2.45, 2.75) is 0 Å². The highest BCUT2D eigenvalue weighted by molar-refractivity contribution is 5.93. The van der Waals surface area contributed by atoms with Crippen molar-refractivity contribution in [2.24, 2.45) is 0 Å². The van der Waals surface area contributed by atoms with Gasteiger partial charge in [0, 0.05) is 13.1 Å². The number of carbonyl (C=O) groups is 1. The summed E-state index contributed by atoms with van der Waals surface area (Å²) in [6.45, 7) is 0. The number of aromatic amines is 1. The third-order valence-corrected chi connectivity index (χ3v) is 1.20. The van der Waals surface area contributed by atoms with Crippen LogP contribution < -0.4 is 10.3 Å². The highest BCUT2D eigenvalue weighted by Crippen LogP contribution is 1.90. The van der Waals surface area contributed by atoms with Crippen LogP contribution in [0.15, 0.2) is 24.5 Å². The van der Waals surface area contributed by atoms with Gasteiger partial charge in [-0.25, -0.2) is 4.98 Å². The van der Waals surface area contributed by atoms with Crippen LogP contribution in [0.25, 0.3) is 0 Å². The molecular weight excluding hydrogens is 128 g/mol. The maximum absolute atomic E-state index is 10.9. The lowest BCUT2D eigenvalue weighted by molar-refractivity contribution is -0.378. The standard InChI is InChI=1S/C7H8N2O/c1-8-7(10)6-3-2-4-9-5-6/h2-5H,1H3,(H,8,10)/p+1. The summed E-state index contributed by atoms with van der Waals surface area (Å²) >= 11 is 0. The minimum absolute atomic E-state index is 0.0724. The number of pyridine rings is 1. The third-order valence-electron chi connectivity index (χ3n) is 1.20. The second-order valence-corrected chi connectivity index (χ2v) is 1.87. The molecule has 1 aromatic heterocycles. The lowest BCUT2D eigenvalue weighted by atomic mass is 10.3. The van der Waals surface area contributed by atoms with Crippen LogP contribution in [0.2, 0.25) is 0 Å². The minimum Gasteiger partial charge on any atom is -0.355 e. The second-order valence-electron chi connectivity index (χ2n) is 1.87. The van der Waals surface area contributed by atoms with Gasteiger partial charge in [-0.1, -0.05) is 0 Å². The molecule has 52 valence electrons. The van der Waals surface area contributed by atoms with Crippen molar-refractivity contribution < 1.29 is 9.78 Å². The molecule has 1 rings (SSSR count). The number of amides is 1. The van der Waals surface area contributed by atoms with E-state index in [1.54, 1.807) is 31.6 Å². The van der Waals surface area contributed by atoms with E-state index in [0.717, 1.165) is 0 Å². The molecule has 0 aliphatic heterocycles. The first-order valence-electron chi connectivity index (χ1n) is 3.03. The molecule has 0 aromatic carbocycles. The van der Waals surface area contributed by atoms with Crippen LogP contribution in [0.4, 0.5) is 0 Å². The third kappa shape index (κ3) is 1.31. The zero-order valence-corrected chi connectivity index (χ0v) is 5.72. The molecule has 0 unspecified atom stereocenters. The zero-order valence-electron chi connectivity index (χ0n) is 5.72. The predicted octanol–water partition coefficient (Wildman–Crippen LogP) is -0.140. The first-order valence-corrected chi connectivity index (χ1v) is 3.03. The number of hydrogen-bond donors (Lipinski definition) is 1. The van der Waals surface area contributed by atoms with Crippen LogP contribution in [-0.2, 0) is 0 Å². The monoisotopic (exact) mass is 137 g/mol. The number of carbonyl (C=O) groups excluding carboxylic acids is 1. The van der Waals surface area contributed by atoms with Gasteiger partial charge in [-0.3, -0.25) is 4.79 Å². The summed E-state index contributed by atoms with van der Waals surface area (Å²) in [5.41, 5.74) is 0.644. The molecule has 1 aromatic rings. The fourth-order valence-corrected chi connectivity index (χ4v) is 0.679. The first-order chi connectivity index (χ1) is 4.84. The summed E-state index contributed by atoms with van der Waals surface area (Å²) in [6, 6.07) is 3.53. The van der Waals surface area contributed by atoms with Crippen molar-refractivity contribution in [3.05, 3.63) is 30.1 Å². The minimum atomic E-state index is -0.0724. The average Bonchev–Trinajstić information content (AvgIpc) is 2.05. The van der Waals surface area contributed by atoms with Crippen molar-refractivity contribution >= 4 is 5.91 Å². The summed E-state index contributed by atoms with van der Waals surface area (Å²) in [5.74, 6) is -0.0724. The molecule has 0 aliphatic carbocycles. The lowest BCUT2D eigenvalue weighted by Gasteiger charge is -1.92. The molecule has 0 bridgehead atoms. The molecule has 0 aliphatic rings. The maximum atomic E-state index is 10.9. The van der Waals surface area contributed by atoms with Gasteiger partial charge in [0.1, 0.15) is 5.56 Å². The molecular formula is C7H9N2O+. The molecule has 0 atom stereocenters. The van der Waals surface area contributed by atoms with Crippen LogP contribution in [0.1, 0.15) is 10.4 Å². The molecule has 1 amide bonds. The molecule has 1 heterocycles. The summed E-state index contributed by atoms with van der Waals surface area (Å²) in [7, 11) is 1.61. The molecule has 0 saturated carbocycles. The number of rotatable bonds is 1. The van der Waals surface area contributed by atoms with Crippen LogP contribution in [0.3, 0.4) is 0 Å². The topological polar surface area (TPSA) is 43.2 Å². The fraction of sp³-hybridized carbons (Fsp3) is 0.143. The lowest BCUT2D eigenvalue weighted by Crippen LogP contribution is -2.19. The van der Waals surface area contributed by atoms with Gasteiger partial charge >= 0.3 is 0 Å². The van der Waals surface area contributed by atoms with Crippen molar-refractivity contribution in [1.29, 1.82) is 0 Å². The smallest absolute Gasteiger partial charge is 0.257 e. The summed E-state index contributed by atoms with van der Waals surface area (Å²) < 4.78 is 0. The summed E-state index contributed by atoms with van der Waals surface area (Å²) in [6.07, 6.45) is 3.41. The molecule has 3 heteroatoms. The van der Waals surface area contributed by atoms with Crippen molar-refractivity contribution in [2.75, 3.05) is 7.05 Å². The highest BCUT2D eigenvalue weighted by atomic mass is 16.1. The van der Waals surface area contributed by atoms with Gasteiger partial charge in [0.25, 0.3) is 5.91 Å². The second kappa shape index (κ2) is 2.96. The highest BCUT2D eigenvalue weighted by Gasteiger charge is 2.02. The maximum Gasteiger partial charge on any atom is 0.257 e. The van der Waals surface area contributed by atoms with Gasteiger partial charge in [0.15, 0.2) is 12.4 Å². The van der Waals surface area contributed by atoms with E-state index < -0.39 is 0 Å². The Kier molecular flexibility index (Phi) is 1.99. The largest absolute Gasteiger partial charge is 0.355 e. The normalized spacial score (nSPS) is 8.90. The van der Waals surface area contributed by atoms with Crippen molar-refractivity contribution in [3.63, 3.8) is 0 Å². The van der Waals surface area contributed by atoms with Crippen LogP contribution in [-0.4, -0.2) is 13.0 Å². The number of aromatic nitrogens is 1. The van der Waals surface area contributed by atoms with Crippen molar-refractivity contribution in [3.8, 4) is 0 Å². The Bertz CT molecular complexity index is 220. The first kappa shape index (κ1) is 6.74. The average molecular weight is 137 g/mol. The molecule has 2 N–H and O–H groups in total. The van der Waals surface area contributed by atoms with E-state index in [1.165, 1.54) is 0 Å². The Labute approximate surface area is 59.1 Å². The predicted molar refractivity (Wildman–Crippen MR) is 36.4 cm³/mol. The Morgan fingerprint density at radius 2 is 2.50 bits per heavy atom. The zero-order chi connectivity index (χ0) is 7.40. The Balaban J connectivity index is 2.85. The number of H-pyrrole nitrogens is 1. The molecule has 3 nitrogen and oxygen atoms in total. The van der Waals surface area contributed by atoms with Crippen LogP contribution >= 0.6 is 0 Å². The summed E-state index contributed by atoms with van der Waals surface area (Å²) in [5, 5.41) is 2.52. The SMILES string of the molecule is CNC(=O)c1ccc[nH+]c1. The van der Waals surface area contributed by atoms with Crippen molar-refractivity contribution in [1.82, 2.24) is 5.32 Å². The van der Waals surface area contributed by atoms with Gasteiger partial charge < -0.3 is 5.32 Å². The number of nitrogens with one attached hydrogen (secondary N) is 2. The fourth-order valence-electron chi connectivity index (χ4n) is 0.679. The van der Waals surface area contributed by atoms with Gasteiger partial charge in [0.05, 0.1) is 0 Å². The molecule has 0 fully saturated rings. The quantitative estimate of drug-likeness (QED) is 0.575. The van der Waals surface area contributed by atoms with E-state index in [2.05, 4.69) is 10.3 Å². The molecule has 0 radical (unpaired) electrons. The molecule has 0 saturated heterocycles. The number of hydrogen-bond acceptors (Lipinski definition) is 1. The van der Waals surface area contributed by atoms with E-state index in [9.17, 15) is 4.79 Å². The Morgan fingerprint density at radius 3 is 3.00 bits per heavy atom.